The molecule has 0 amide bonds. The van der Waals surface area contributed by atoms with E-state index in [1.165, 1.54) is 0 Å². The fraction of sp³-hybridized carbons (Fsp3) is 0.600. The average molecular weight is 277 g/mol. The summed E-state index contributed by atoms with van der Waals surface area (Å²) in [6, 6.07) is 3.84. The third-order valence-electron chi connectivity index (χ3n) is 2.90. The second-order valence-electron chi connectivity index (χ2n) is 5.95. The largest absolute Gasteiger partial charge is 0.469 e. The summed E-state index contributed by atoms with van der Waals surface area (Å²) in [6.07, 6.45) is 5.01. The molecule has 0 spiro atoms. The van der Waals surface area contributed by atoms with Gasteiger partial charge in [0.2, 0.25) is 11.8 Å². The zero-order valence-electron chi connectivity index (χ0n) is 12.5. The van der Waals surface area contributed by atoms with Gasteiger partial charge in [0.05, 0.1) is 6.26 Å². The Bertz CT molecular complexity index is 497. The van der Waals surface area contributed by atoms with Gasteiger partial charge >= 0.3 is 0 Å². The van der Waals surface area contributed by atoms with Crippen molar-refractivity contribution in [3.63, 3.8) is 0 Å². The highest BCUT2D eigenvalue weighted by atomic mass is 16.4. The minimum absolute atomic E-state index is 0.156. The molecule has 2 heterocycles. The quantitative estimate of drug-likeness (QED) is 0.788. The average Bonchev–Trinajstić information content (AvgIpc) is 3.02. The molecule has 0 fully saturated rings. The van der Waals surface area contributed by atoms with E-state index in [-0.39, 0.29) is 5.54 Å². The van der Waals surface area contributed by atoms with Crippen LogP contribution in [0.5, 0.6) is 0 Å². The Labute approximate surface area is 119 Å². The molecule has 5 nitrogen and oxygen atoms in total. The number of rotatable bonds is 7. The molecule has 20 heavy (non-hydrogen) atoms. The first-order valence-electron chi connectivity index (χ1n) is 7.11. The first-order valence-corrected chi connectivity index (χ1v) is 7.11. The maximum absolute atomic E-state index is 5.62. The lowest BCUT2D eigenvalue weighted by molar-refractivity contribution is 0.403. The number of aromatic nitrogens is 2. The van der Waals surface area contributed by atoms with Gasteiger partial charge in [0.25, 0.3) is 0 Å². The van der Waals surface area contributed by atoms with Gasteiger partial charge in [-0.05, 0) is 45.9 Å². The molecular weight excluding hydrogens is 254 g/mol. The SMILES string of the molecule is CC(C)(C)NCCCc1nnc(CCc2ccco2)o1. The van der Waals surface area contributed by atoms with Crippen molar-refractivity contribution in [2.24, 2.45) is 0 Å². The van der Waals surface area contributed by atoms with Crippen LogP contribution in [0.4, 0.5) is 0 Å². The van der Waals surface area contributed by atoms with Crippen molar-refractivity contribution in [3.05, 3.63) is 35.9 Å². The van der Waals surface area contributed by atoms with Gasteiger partial charge in [0, 0.05) is 24.8 Å². The van der Waals surface area contributed by atoms with Crippen molar-refractivity contribution >= 4 is 0 Å². The second-order valence-corrected chi connectivity index (χ2v) is 5.95. The predicted octanol–water partition coefficient (Wildman–Crippen LogP) is 2.77. The first kappa shape index (κ1) is 14.8. The fourth-order valence-corrected chi connectivity index (χ4v) is 1.88. The zero-order chi connectivity index (χ0) is 14.4. The molecule has 0 aliphatic heterocycles. The lowest BCUT2D eigenvalue weighted by atomic mass is 10.1. The lowest BCUT2D eigenvalue weighted by Crippen LogP contribution is -2.36. The van der Waals surface area contributed by atoms with Gasteiger partial charge in [0.1, 0.15) is 5.76 Å². The van der Waals surface area contributed by atoms with Gasteiger partial charge in [-0.1, -0.05) is 0 Å². The number of hydrogen-bond acceptors (Lipinski definition) is 5. The van der Waals surface area contributed by atoms with E-state index in [4.69, 9.17) is 8.83 Å². The summed E-state index contributed by atoms with van der Waals surface area (Å²) in [6.45, 7) is 7.43. The van der Waals surface area contributed by atoms with E-state index in [2.05, 4.69) is 36.3 Å². The van der Waals surface area contributed by atoms with Gasteiger partial charge in [-0.2, -0.15) is 0 Å². The standard InChI is InChI=1S/C15H23N3O2/c1-15(2,3)16-10-4-7-13-17-18-14(20-13)9-8-12-6-5-11-19-12/h5-6,11,16H,4,7-10H2,1-3H3. The summed E-state index contributed by atoms with van der Waals surface area (Å²) in [4.78, 5) is 0. The van der Waals surface area contributed by atoms with Gasteiger partial charge in [-0.15, -0.1) is 10.2 Å². The molecular formula is C15H23N3O2. The highest BCUT2D eigenvalue weighted by Gasteiger charge is 2.10. The minimum atomic E-state index is 0.156. The Hall–Kier alpha value is -1.62. The highest BCUT2D eigenvalue weighted by Crippen LogP contribution is 2.08. The zero-order valence-corrected chi connectivity index (χ0v) is 12.5. The summed E-state index contributed by atoms with van der Waals surface area (Å²) >= 11 is 0. The van der Waals surface area contributed by atoms with Crippen LogP contribution in [0, 0.1) is 0 Å². The molecule has 0 saturated heterocycles. The van der Waals surface area contributed by atoms with Gasteiger partial charge in [-0.3, -0.25) is 0 Å². The summed E-state index contributed by atoms with van der Waals surface area (Å²) in [7, 11) is 0. The van der Waals surface area contributed by atoms with Crippen LogP contribution in [0.15, 0.2) is 27.2 Å². The van der Waals surface area contributed by atoms with Crippen LogP contribution < -0.4 is 5.32 Å². The molecule has 1 N–H and O–H groups in total. The van der Waals surface area contributed by atoms with Crippen LogP contribution in [0.25, 0.3) is 0 Å². The van der Waals surface area contributed by atoms with Crippen molar-refractivity contribution in [3.8, 4) is 0 Å². The van der Waals surface area contributed by atoms with Crippen LogP contribution in [0.3, 0.4) is 0 Å². The van der Waals surface area contributed by atoms with E-state index in [9.17, 15) is 0 Å². The van der Waals surface area contributed by atoms with Gasteiger partial charge in [-0.25, -0.2) is 0 Å². The molecule has 0 unspecified atom stereocenters. The molecule has 0 aliphatic carbocycles. The van der Waals surface area contributed by atoms with E-state index in [0.29, 0.717) is 5.89 Å². The van der Waals surface area contributed by atoms with Crippen LogP contribution in [0.1, 0.15) is 44.7 Å². The van der Waals surface area contributed by atoms with Crippen LogP contribution in [-0.4, -0.2) is 22.3 Å². The molecule has 0 radical (unpaired) electrons. The Morgan fingerprint density at radius 2 is 1.85 bits per heavy atom. The van der Waals surface area contributed by atoms with E-state index >= 15 is 0 Å². The molecule has 0 bridgehead atoms. The van der Waals surface area contributed by atoms with Crippen molar-refractivity contribution in [2.75, 3.05) is 6.54 Å². The van der Waals surface area contributed by atoms with Crippen LogP contribution in [-0.2, 0) is 19.3 Å². The summed E-state index contributed by atoms with van der Waals surface area (Å²) < 4.78 is 10.9. The molecule has 2 rings (SSSR count). The van der Waals surface area contributed by atoms with E-state index < -0.39 is 0 Å². The summed E-state index contributed by atoms with van der Waals surface area (Å²) in [5.74, 6) is 2.34. The number of aryl methyl sites for hydroxylation is 3. The van der Waals surface area contributed by atoms with Crippen molar-refractivity contribution < 1.29 is 8.83 Å². The van der Waals surface area contributed by atoms with E-state index in [1.807, 2.05) is 12.1 Å². The summed E-state index contributed by atoms with van der Waals surface area (Å²) in [5, 5.41) is 11.6. The van der Waals surface area contributed by atoms with Crippen molar-refractivity contribution in [2.45, 2.75) is 52.0 Å². The van der Waals surface area contributed by atoms with Crippen LogP contribution in [0.2, 0.25) is 0 Å². The molecule has 2 aromatic rings. The molecule has 0 saturated carbocycles. The Morgan fingerprint density at radius 3 is 2.50 bits per heavy atom. The normalized spacial score (nSPS) is 11.9. The Morgan fingerprint density at radius 1 is 1.10 bits per heavy atom. The summed E-state index contributed by atoms with van der Waals surface area (Å²) in [5.41, 5.74) is 0.156. The number of hydrogen-bond donors (Lipinski definition) is 1. The topological polar surface area (TPSA) is 64.1 Å². The third-order valence-corrected chi connectivity index (χ3v) is 2.90. The maximum Gasteiger partial charge on any atom is 0.217 e. The Kier molecular flexibility index (Phi) is 4.95. The van der Waals surface area contributed by atoms with Crippen molar-refractivity contribution in [1.29, 1.82) is 0 Å². The van der Waals surface area contributed by atoms with Gasteiger partial charge in [0.15, 0.2) is 0 Å². The smallest absolute Gasteiger partial charge is 0.217 e. The number of nitrogens with one attached hydrogen (secondary N) is 1. The van der Waals surface area contributed by atoms with Crippen LogP contribution >= 0.6 is 0 Å². The van der Waals surface area contributed by atoms with E-state index in [0.717, 1.165) is 43.9 Å². The minimum Gasteiger partial charge on any atom is -0.469 e. The third kappa shape index (κ3) is 5.17. The number of furan rings is 1. The monoisotopic (exact) mass is 277 g/mol. The lowest BCUT2D eigenvalue weighted by Gasteiger charge is -2.19. The number of nitrogens with zero attached hydrogens (tertiary/aromatic N) is 2. The van der Waals surface area contributed by atoms with Crippen molar-refractivity contribution in [1.82, 2.24) is 15.5 Å². The molecule has 0 atom stereocenters. The second kappa shape index (κ2) is 6.70. The van der Waals surface area contributed by atoms with E-state index in [1.54, 1.807) is 6.26 Å². The first-order chi connectivity index (χ1) is 9.53. The molecule has 2 aromatic heterocycles. The Balaban J connectivity index is 1.69. The molecule has 5 heteroatoms. The molecule has 0 aliphatic rings. The molecule has 110 valence electrons. The predicted molar refractivity (Wildman–Crippen MR) is 76.5 cm³/mol. The highest BCUT2D eigenvalue weighted by molar-refractivity contribution is 4.99. The maximum atomic E-state index is 5.62. The van der Waals surface area contributed by atoms with Gasteiger partial charge < -0.3 is 14.2 Å². The fourth-order valence-electron chi connectivity index (χ4n) is 1.88. The molecule has 0 aromatic carbocycles.